The van der Waals surface area contributed by atoms with Gasteiger partial charge in [-0.05, 0) is 18.8 Å². The minimum atomic E-state index is -0.664. The summed E-state index contributed by atoms with van der Waals surface area (Å²) in [6, 6.07) is 0.00685. The van der Waals surface area contributed by atoms with Crippen LogP contribution in [0.25, 0.3) is 0 Å². The predicted molar refractivity (Wildman–Crippen MR) is 44.7 cm³/mol. The Kier molecular flexibility index (Phi) is 2.41. The first-order valence-electron chi connectivity index (χ1n) is 3.75. The van der Waals surface area contributed by atoms with Gasteiger partial charge in [0, 0.05) is 0 Å². The average molecular weight is 183 g/mol. The summed E-state index contributed by atoms with van der Waals surface area (Å²) in [4.78, 5) is 20.1. The van der Waals surface area contributed by atoms with Gasteiger partial charge in [0.1, 0.15) is 5.56 Å². The van der Waals surface area contributed by atoms with Crippen molar-refractivity contribution >= 4 is 12.1 Å². The maximum absolute atomic E-state index is 10.4. The van der Waals surface area contributed by atoms with Crippen LogP contribution < -0.4 is 0 Å². The molecule has 1 aromatic heterocycles. The number of carbonyl (C=O) groups is 1. The number of carbonyl (C=O) groups excluding carboxylic acids is 1. The number of aldehydes is 1. The molecule has 0 aliphatic heterocycles. The fraction of sp³-hybridized carbons (Fsp3) is 0.429. The maximum atomic E-state index is 10.4. The third-order valence-corrected chi connectivity index (χ3v) is 1.57. The molecule has 1 heterocycles. The van der Waals surface area contributed by atoms with Crippen molar-refractivity contribution in [1.82, 2.24) is 9.78 Å². The van der Waals surface area contributed by atoms with Gasteiger partial charge in [0.15, 0.2) is 6.29 Å². The van der Waals surface area contributed by atoms with E-state index in [0.717, 1.165) is 0 Å². The summed E-state index contributed by atoms with van der Waals surface area (Å²) in [6.45, 7) is 3.65. The zero-order valence-electron chi connectivity index (χ0n) is 7.30. The van der Waals surface area contributed by atoms with E-state index in [2.05, 4.69) is 5.10 Å². The van der Waals surface area contributed by atoms with Gasteiger partial charge in [-0.2, -0.15) is 4.68 Å². The Hall–Kier alpha value is -1.72. The van der Waals surface area contributed by atoms with Gasteiger partial charge in [-0.3, -0.25) is 4.79 Å². The largest absolute Gasteiger partial charge is 0.400 e. The van der Waals surface area contributed by atoms with Crippen molar-refractivity contribution in [2.45, 2.75) is 19.9 Å². The summed E-state index contributed by atoms with van der Waals surface area (Å²) in [7, 11) is 0. The van der Waals surface area contributed by atoms with Crippen molar-refractivity contribution in [2.75, 3.05) is 0 Å². The molecule has 1 rings (SSSR count). The second kappa shape index (κ2) is 3.34. The number of nitrogens with zero attached hydrogens (tertiary/aromatic N) is 3. The van der Waals surface area contributed by atoms with Crippen molar-refractivity contribution in [3.05, 3.63) is 21.9 Å². The van der Waals surface area contributed by atoms with Gasteiger partial charge in [0.05, 0.1) is 17.3 Å². The molecule has 0 radical (unpaired) electrons. The fourth-order valence-electron chi connectivity index (χ4n) is 0.886. The molecule has 0 amide bonds. The SMILES string of the molecule is CC(C)n1cc(C=O)c([N+](=O)[O-])n1. The van der Waals surface area contributed by atoms with Crippen LogP contribution in [0.15, 0.2) is 6.20 Å². The normalized spacial score (nSPS) is 10.4. The molecular weight excluding hydrogens is 174 g/mol. The van der Waals surface area contributed by atoms with E-state index in [1.54, 1.807) is 0 Å². The van der Waals surface area contributed by atoms with Crippen LogP contribution in [0, 0.1) is 10.1 Å². The highest BCUT2D eigenvalue weighted by Gasteiger charge is 2.20. The third-order valence-electron chi connectivity index (χ3n) is 1.57. The van der Waals surface area contributed by atoms with Gasteiger partial charge in [0.25, 0.3) is 0 Å². The van der Waals surface area contributed by atoms with Gasteiger partial charge in [-0.1, -0.05) is 0 Å². The zero-order valence-corrected chi connectivity index (χ0v) is 7.30. The monoisotopic (exact) mass is 183 g/mol. The van der Waals surface area contributed by atoms with Gasteiger partial charge in [-0.15, -0.1) is 0 Å². The fourth-order valence-corrected chi connectivity index (χ4v) is 0.886. The maximum Gasteiger partial charge on any atom is 0.400 e. The summed E-state index contributed by atoms with van der Waals surface area (Å²) in [5.41, 5.74) is 0.0127. The van der Waals surface area contributed by atoms with Crippen molar-refractivity contribution in [3.8, 4) is 0 Å². The molecule has 6 nitrogen and oxygen atoms in total. The minimum Gasteiger partial charge on any atom is -0.358 e. The zero-order chi connectivity index (χ0) is 10.0. The molecule has 70 valence electrons. The molecule has 0 aliphatic carbocycles. The molecule has 1 aromatic rings. The van der Waals surface area contributed by atoms with Crippen molar-refractivity contribution in [3.63, 3.8) is 0 Å². The highest BCUT2D eigenvalue weighted by molar-refractivity contribution is 5.79. The molecule has 6 heteroatoms. The number of aromatic nitrogens is 2. The van der Waals surface area contributed by atoms with Crippen LogP contribution >= 0.6 is 0 Å². The smallest absolute Gasteiger partial charge is 0.358 e. The van der Waals surface area contributed by atoms with Crippen LogP contribution in [-0.4, -0.2) is 21.0 Å². The lowest BCUT2D eigenvalue weighted by Gasteiger charge is -1.96. The van der Waals surface area contributed by atoms with E-state index in [-0.39, 0.29) is 17.4 Å². The minimum absolute atomic E-state index is 0.00685. The van der Waals surface area contributed by atoms with E-state index in [9.17, 15) is 14.9 Å². The van der Waals surface area contributed by atoms with Crippen LogP contribution in [0.3, 0.4) is 0 Å². The molecule has 0 spiro atoms. The quantitative estimate of drug-likeness (QED) is 0.400. The van der Waals surface area contributed by atoms with Gasteiger partial charge < -0.3 is 10.1 Å². The lowest BCUT2D eigenvalue weighted by Crippen LogP contribution is -2.01. The lowest BCUT2D eigenvalue weighted by atomic mass is 10.3. The molecule has 0 N–H and O–H groups in total. The predicted octanol–water partition coefficient (Wildman–Crippen LogP) is 1.18. The lowest BCUT2D eigenvalue weighted by molar-refractivity contribution is -0.390. The Bertz CT molecular complexity index is 343. The third kappa shape index (κ3) is 1.71. The first kappa shape index (κ1) is 9.37. The second-order valence-corrected chi connectivity index (χ2v) is 2.86. The number of nitro groups is 1. The standard InChI is InChI=1S/C7H9N3O3/c1-5(2)9-3-6(4-11)7(8-9)10(12)13/h3-5H,1-2H3. The molecule has 0 aliphatic rings. The Morgan fingerprint density at radius 1 is 1.69 bits per heavy atom. The van der Waals surface area contributed by atoms with E-state index in [1.165, 1.54) is 10.9 Å². The van der Waals surface area contributed by atoms with Crippen molar-refractivity contribution in [1.29, 1.82) is 0 Å². The van der Waals surface area contributed by atoms with Crippen LogP contribution in [0.4, 0.5) is 5.82 Å². The summed E-state index contributed by atoms with van der Waals surface area (Å²) < 4.78 is 1.39. The summed E-state index contributed by atoms with van der Waals surface area (Å²) in [6.07, 6.45) is 1.81. The molecule has 0 saturated carbocycles. The Morgan fingerprint density at radius 2 is 2.31 bits per heavy atom. The topological polar surface area (TPSA) is 78.0 Å². The first-order chi connectivity index (χ1) is 6.06. The highest BCUT2D eigenvalue weighted by Crippen LogP contribution is 2.15. The van der Waals surface area contributed by atoms with Crippen LogP contribution in [-0.2, 0) is 0 Å². The van der Waals surface area contributed by atoms with Crippen LogP contribution in [0.5, 0.6) is 0 Å². The first-order valence-corrected chi connectivity index (χ1v) is 3.75. The Labute approximate surface area is 74.3 Å². The van der Waals surface area contributed by atoms with Gasteiger partial charge in [-0.25, -0.2) is 0 Å². The molecule has 0 saturated heterocycles. The highest BCUT2D eigenvalue weighted by atomic mass is 16.6. The summed E-state index contributed by atoms with van der Waals surface area (Å²) >= 11 is 0. The molecule has 0 aromatic carbocycles. The molecular formula is C7H9N3O3. The van der Waals surface area contributed by atoms with E-state index in [4.69, 9.17) is 0 Å². The Balaban J connectivity index is 3.19. The van der Waals surface area contributed by atoms with E-state index >= 15 is 0 Å². The second-order valence-electron chi connectivity index (χ2n) is 2.86. The van der Waals surface area contributed by atoms with Crippen molar-refractivity contribution in [2.24, 2.45) is 0 Å². The molecule has 13 heavy (non-hydrogen) atoms. The van der Waals surface area contributed by atoms with Crippen LogP contribution in [0.1, 0.15) is 30.2 Å². The number of rotatable bonds is 3. The number of hydrogen-bond acceptors (Lipinski definition) is 4. The summed E-state index contributed by atoms with van der Waals surface area (Å²) in [5, 5.41) is 14.1. The van der Waals surface area contributed by atoms with Crippen molar-refractivity contribution < 1.29 is 9.72 Å². The molecule has 0 fully saturated rings. The molecule has 0 bridgehead atoms. The van der Waals surface area contributed by atoms with E-state index in [0.29, 0.717) is 6.29 Å². The Morgan fingerprint density at radius 3 is 2.62 bits per heavy atom. The number of hydrogen-bond donors (Lipinski definition) is 0. The van der Waals surface area contributed by atoms with Crippen LogP contribution in [0.2, 0.25) is 0 Å². The average Bonchev–Trinajstić information content (AvgIpc) is 2.47. The van der Waals surface area contributed by atoms with Gasteiger partial charge in [0.2, 0.25) is 0 Å². The molecule has 0 atom stereocenters. The van der Waals surface area contributed by atoms with E-state index < -0.39 is 4.92 Å². The van der Waals surface area contributed by atoms with E-state index in [1.807, 2.05) is 13.8 Å². The van der Waals surface area contributed by atoms with Gasteiger partial charge >= 0.3 is 5.82 Å². The molecule has 0 unspecified atom stereocenters. The summed E-state index contributed by atoms with van der Waals surface area (Å²) in [5.74, 6) is -0.385.